The SMILES string of the molecule is CCNC(=NCc1ccccc1Cl)NCC1(O)CCC1SCC.I. The molecule has 1 aliphatic carbocycles. The fourth-order valence-electron chi connectivity index (χ4n) is 2.61. The highest BCUT2D eigenvalue weighted by Crippen LogP contribution is 2.40. The summed E-state index contributed by atoms with van der Waals surface area (Å²) in [6.45, 7) is 5.98. The van der Waals surface area contributed by atoms with Gasteiger partial charge in [-0.15, -0.1) is 24.0 Å². The molecule has 2 rings (SSSR count). The van der Waals surface area contributed by atoms with E-state index < -0.39 is 5.60 Å². The molecule has 0 aliphatic heterocycles. The first-order chi connectivity index (χ1) is 11.1. The van der Waals surface area contributed by atoms with Gasteiger partial charge in [0.1, 0.15) is 0 Å². The summed E-state index contributed by atoms with van der Waals surface area (Å²) in [6.07, 6.45) is 1.94. The minimum absolute atomic E-state index is 0. The number of thioether (sulfide) groups is 1. The third-order valence-electron chi connectivity index (χ3n) is 4.08. The lowest BCUT2D eigenvalue weighted by molar-refractivity contribution is -0.0198. The van der Waals surface area contributed by atoms with Crippen LogP contribution in [0.1, 0.15) is 32.3 Å². The monoisotopic (exact) mass is 483 g/mol. The normalized spacial score (nSPS) is 23.2. The van der Waals surface area contributed by atoms with Gasteiger partial charge in [0.2, 0.25) is 0 Å². The number of hydrogen-bond acceptors (Lipinski definition) is 3. The zero-order valence-corrected chi connectivity index (χ0v) is 18.1. The van der Waals surface area contributed by atoms with Gasteiger partial charge in [0, 0.05) is 23.4 Å². The molecule has 7 heteroatoms. The summed E-state index contributed by atoms with van der Waals surface area (Å²) in [4.78, 5) is 4.57. The van der Waals surface area contributed by atoms with Crippen molar-refractivity contribution in [2.24, 2.45) is 4.99 Å². The van der Waals surface area contributed by atoms with Crippen LogP contribution in [0, 0.1) is 0 Å². The molecule has 136 valence electrons. The Balaban J connectivity index is 0.00000288. The Hall–Kier alpha value is -0.180. The largest absolute Gasteiger partial charge is 0.387 e. The zero-order valence-electron chi connectivity index (χ0n) is 14.2. The molecule has 0 bridgehead atoms. The summed E-state index contributed by atoms with van der Waals surface area (Å²) >= 11 is 8.00. The van der Waals surface area contributed by atoms with E-state index in [1.54, 1.807) is 0 Å². The van der Waals surface area contributed by atoms with Crippen LogP contribution in [-0.2, 0) is 6.54 Å². The fraction of sp³-hybridized carbons (Fsp3) is 0.588. The van der Waals surface area contributed by atoms with Crippen LogP contribution >= 0.6 is 47.3 Å². The third kappa shape index (κ3) is 5.97. The topological polar surface area (TPSA) is 56.7 Å². The van der Waals surface area contributed by atoms with Crippen LogP contribution in [-0.4, -0.2) is 40.8 Å². The highest BCUT2D eigenvalue weighted by atomic mass is 127. The zero-order chi connectivity index (χ0) is 16.7. The van der Waals surface area contributed by atoms with Crippen molar-refractivity contribution in [2.45, 2.75) is 44.1 Å². The van der Waals surface area contributed by atoms with Crippen molar-refractivity contribution in [3.8, 4) is 0 Å². The molecule has 3 N–H and O–H groups in total. The van der Waals surface area contributed by atoms with Gasteiger partial charge in [-0.05, 0) is 37.1 Å². The maximum Gasteiger partial charge on any atom is 0.191 e. The third-order valence-corrected chi connectivity index (χ3v) is 5.86. The Morgan fingerprint density at radius 1 is 1.38 bits per heavy atom. The quantitative estimate of drug-likeness (QED) is 0.315. The summed E-state index contributed by atoms with van der Waals surface area (Å²) in [5.41, 5.74) is 0.370. The van der Waals surface area contributed by atoms with Gasteiger partial charge in [0.05, 0.1) is 12.1 Å². The van der Waals surface area contributed by atoms with Gasteiger partial charge in [0.25, 0.3) is 0 Å². The molecular weight excluding hydrogens is 457 g/mol. The highest BCUT2D eigenvalue weighted by molar-refractivity contribution is 14.0. The lowest BCUT2D eigenvalue weighted by Gasteiger charge is -2.45. The molecule has 0 spiro atoms. The molecule has 1 fully saturated rings. The van der Waals surface area contributed by atoms with Gasteiger partial charge >= 0.3 is 0 Å². The lowest BCUT2D eigenvalue weighted by Crippen LogP contribution is -2.58. The average Bonchev–Trinajstić information content (AvgIpc) is 2.55. The number of rotatable bonds is 7. The molecule has 0 aromatic heterocycles. The molecule has 24 heavy (non-hydrogen) atoms. The van der Waals surface area contributed by atoms with Crippen molar-refractivity contribution in [3.63, 3.8) is 0 Å². The summed E-state index contributed by atoms with van der Waals surface area (Å²) < 4.78 is 0. The van der Waals surface area contributed by atoms with Gasteiger partial charge in [-0.25, -0.2) is 4.99 Å². The standard InChI is InChI=1S/C17H26ClN3OS.HI/c1-3-19-16(20-11-13-7-5-6-8-14(13)18)21-12-17(22)10-9-15(17)23-4-2;/h5-8,15,22H,3-4,9-12H2,1-2H3,(H2,19,20,21);1H. The van der Waals surface area contributed by atoms with Gasteiger partial charge < -0.3 is 15.7 Å². The molecule has 1 aromatic carbocycles. The van der Waals surface area contributed by atoms with E-state index in [4.69, 9.17) is 11.6 Å². The summed E-state index contributed by atoms with van der Waals surface area (Å²) in [5.74, 6) is 1.75. The molecule has 2 atom stereocenters. The van der Waals surface area contributed by atoms with Crippen LogP contribution in [0.2, 0.25) is 5.02 Å². The number of benzene rings is 1. The molecule has 0 amide bonds. The van der Waals surface area contributed by atoms with Gasteiger partial charge in [-0.3, -0.25) is 0 Å². The predicted octanol–water partition coefficient (Wildman–Crippen LogP) is 3.66. The molecular formula is C17H27ClIN3OS. The van der Waals surface area contributed by atoms with Gasteiger partial charge in [0.15, 0.2) is 5.96 Å². The maximum atomic E-state index is 10.7. The number of halogens is 2. The van der Waals surface area contributed by atoms with E-state index in [2.05, 4.69) is 22.5 Å². The lowest BCUT2D eigenvalue weighted by atomic mass is 9.79. The van der Waals surface area contributed by atoms with E-state index in [1.807, 2.05) is 43.0 Å². The van der Waals surface area contributed by atoms with E-state index >= 15 is 0 Å². The molecule has 0 radical (unpaired) electrons. The minimum Gasteiger partial charge on any atom is -0.387 e. The summed E-state index contributed by atoms with van der Waals surface area (Å²) in [7, 11) is 0. The Bertz CT molecular complexity index is 546. The number of hydrogen-bond donors (Lipinski definition) is 3. The van der Waals surface area contributed by atoms with E-state index in [1.165, 1.54) is 0 Å². The Morgan fingerprint density at radius 2 is 2.12 bits per heavy atom. The van der Waals surface area contributed by atoms with Gasteiger partial charge in [-0.2, -0.15) is 11.8 Å². The van der Waals surface area contributed by atoms with E-state index in [0.29, 0.717) is 24.3 Å². The second kappa shape index (κ2) is 10.7. The van der Waals surface area contributed by atoms with E-state index in [0.717, 1.165) is 35.7 Å². The number of nitrogens with zero attached hydrogens (tertiary/aromatic N) is 1. The molecule has 0 saturated heterocycles. The van der Waals surface area contributed by atoms with Crippen LogP contribution in [0.3, 0.4) is 0 Å². The van der Waals surface area contributed by atoms with E-state index in [-0.39, 0.29) is 24.0 Å². The first-order valence-corrected chi connectivity index (χ1v) is 9.61. The Kier molecular flexibility index (Phi) is 9.77. The fourth-order valence-corrected chi connectivity index (χ4v) is 4.00. The van der Waals surface area contributed by atoms with Crippen molar-refractivity contribution < 1.29 is 5.11 Å². The number of nitrogens with one attached hydrogen (secondary N) is 2. The smallest absolute Gasteiger partial charge is 0.191 e. The summed E-state index contributed by atoms with van der Waals surface area (Å²) in [6, 6.07) is 7.72. The number of aliphatic imine (C=N–C) groups is 1. The second-order valence-electron chi connectivity index (χ2n) is 5.73. The maximum absolute atomic E-state index is 10.7. The highest BCUT2D eigenvalue weighted by Gasteiger charge is 2.45. The molecule has 1 aliphatic rings. The van der Waals surface area contributed by atoms with Crippen LogP contribution in [0.4, 0.5) is 0 Å². The predicted molar refractivity (Wildman–Crippen MR) is 116 cm³/mol. The first-order valence-electron chi connectivity index (χ1n) is 8.18. The van der Waals surface area contributed by atoms with Crippen molar-refractivity contribution in [1.29, 1.82) is 0 Å². The van der Waals surface area contributed by atoms with Crippen LogP contribution in [0.5, 0.6) is 0 Å². The number of guanidine groups is 1. The second-order valence-corrected chi connectivity index (χ2v) is 7.61. The van der Waals surface area contributed by atoms with Crippen molar-refractivity contribution >= 4 is 53.3 Å². The van der Waals surface area contributed by atoms with Gasteiger partial charge in [-0.1, -0.05) is 36.7 Å². The minimum atomic E-state index is -0.624. The van der Waals surface area contributed by atoms with Crippen molar-refractivity contribution in [1.82, 2.24) is 10.6 Å². The first kappa shape index (κ1) is 21.9. The van der Waals surface area contributed by atoms with Crippen LogP contribution in [0.25, 0.3) is 0 Å². The molecule has 4 nitrogen and oxygen atoms in total. The Morgan fingerprint density at radius 3 is 2.71 bits per heavy atom. The van der Waals surface area contributed by atoms with Crippen molar-refractivity contribution in [3.05, 3.63) is 34.9 Å². The Labute approximate surface area is 171 Å². The van der Waals surface area contributed by atoms with E-state index in [9.17, 15) is 5.11 Å². The molecule has 1 aromatic rings. The molecule has 0 heterocycles. The molecule has 2 unspecified atom stereocenters. The molecule has 1 saturated carbocycles. The van der Waals surface area contributed by atoms with Crippen LogP contribution < -0.4 is 10.6 Å². The average molecular weight is 484 g/mol. The van der Waals surface area contributed by atoms with Crippen LogP contribution in [0.15, 0.2) is 29.3 Å². The van der Waals surface area contributed by atoms with Crippen molar-refractivity contribution in [2.75, 3.05) is 18.8 Å². The summed E-state index contributed by atoms with van der Waals surface area (Å²) in [5, 5.41) is 18.2. The number of aliphatic hydroxyl groups is 1.